The first-order valence-electron chi connectivity index (χ1n) is 15.2. The smallest absolute Gasteiger partial charge is 0.123 e. The number of rotatable bonds is 11. The van der Waals surface area contributed by atoms with Gasteiger partial charge in [0.15, 0.2) is 0 Å². The van der Waals surface area contributed by atoms with Gasteiger partial charge in [-0.25, -0.2) is 4.39 Å². The fraction of sp³-hybridized carbons (Fsp3) is 0.462. The van der Waals surface area contributed by atoms with Crippen LogP contribution in [0.5, 0.6) is 0 Å². The molecule has 0 saturated carbocycles. The molecule has 42 heavy (non-hydrogen) atoms. The molecule has 0 unspecified atom stereocenters. The molecular weight excluding hydrogens is 515 g/mol. The van der Waals surface area contributed by atoms with Gasteiger partial charge in [-0.3, -0.25) is 4.99 Å². The lowest BCUT2D eigenvalue weighted by molar-refractivity contribution is 0.624. The molecule has 2 N–H and O–H groups in total. The van der Waals surface area contributed by atoms with Crippen LogP contribution in [0.1, 0.15) is 107 Å². The Hall–Kier alpha value is -3.22. The molecule has 1 aromatic carbocycles. The SMILES string of the molecule is C#C.C/C=C(/CC)C(CN)=NC.C=C(C)/C(=C/C(C)=C(C)/C(C)=C/C)C(=C)CCCc1cccc(F)c1.CC.CCC. The van der Waals surface area contributed by atoms with Gasteiger partial charge in [-0.1, -0.05) is 95.7 Å². The molecule has 0 amide bonds. The van der Waals surface area contributed by atoms with Crippen molar-refractivity contribution in [2.24, 2.45) is 10.7 Å². The van der Waals surface area contributed by atoms with Gasteiger partial charge in [-0.2, -0.15) is 0 Å². The summed E-state index contributed by atoms with van der Waals surface area (Å²) in [7, 11) is 1.78. The minimum atomic E-state index is -0.172. The quantitative estimate of drug-likeness (QED) is 0.158. The number of terminal acetylenes is 1. The molecule has 2 nitrogen and oxygen atoms in total. The van der Waals surface area contributed by atoms with E-state index in [0.29, 0.717) is 6.54 Å². The van der Waals surface area contributed by atoms with Gasteiger partial charge < -0.3 is 5.73 Å². The van der Waals surface area contributed by atoms with Crippen LogP contribution in [0.3, 0.4) is 0 Å². The number of benzene rings is 1. The zero-order valence-electron chi connectivity index (χ0n) is 29.3. The minimum absolute atomic E-state index is 0.172. The van der Waals surface area contributed by atoms with Crippen molar-refractivity contribution in [1.29, 1.82) is 0 Å². The maximum absolute atomic E-state index is 13.3. The maximum atomic E-state index is 13.3. The van der Waals surface area contributed by atoms with E-state index in [1.54, 1.807) is 19.2 Å². The van der Waals surface area contributed by atoms with Crippen LogP contribution in [-0.4, -0.2) is 19.3 Å². The van der Waals surface area contributed by atoms with Crippen LogP contribution in [0.4, 0.5) is 4.39 Å². The van der Waals surface area contributed by atoms with Crippen LogP contribution in [0.2, 0.25) is 0 Å². The van der Waals surface area contributed by atoms with Crippen LogP contribution in [-0.2, 0) is 6.42 Å². The van der Waals surface area contributed by atoms with E-state index < -0.39 is 0 Å². The van der Waals surface area contributed by atoms with Crippen molar-refractivity contribution < 1.29 is 4.39 Å². The number of aryl methyl sites for hydroxylation is 1. The summed E-state index contributed by atoms with van der Waals surface area (Å²) in [6.45, 7) is 31.8. The molecule has 0 radical (unpaired) electrons. The number of aliphatic imine (C=N–C) groups is 1. The van der Waals surface area contributed by atoms with E-state index in [0.717, 1.165) is 53.7 Å². The second kappa shape index (κ2) is 30.7. The van der Waals surface area contributed by atoms with Crippen LogP contribution in [0.25, 0.3) is 0 Å². The van der Waals surface area contributed by atoms with E-state index in [1.165, 1.54) is 34.8 Å². The van der Waals surface area contributed by atoms with Crippen LogP contribution >= 0.6 is 0 Å². The first kappa shape index (κ1) is 45.8. The van der Waals surface area contributed by atoms with E-state index in [1.807, 2.05) is 33.8 Å². The lowest BCUT2D eigenvalue weighted by Crippen LogP contribution is -2.15. The number of halogens is 1. The average Bonchev–Trinajstić information content (AvgIpc) is 3.00. The summed E-state index contributed by atoms with van der Waals surface area (Å²) in [4.78, 5) is 4.07. The van der Waals surface area contributed by atoms with E-state index in [9.17, 15) is 4.39 Å². The van der Waals surface area contributed by atoms with Crippen molar-refractivity contribution in [1.82, 2.24) is 0 Å². The number of hydrogen-bond acceptors (Lipinski definition) is 2. The molecule has 236 valence electrons. The highest BCUT2D eigenvalue weighted by Crippen LogP contribution is 2.25. The Balaban J connectivity index is -0.000000352. The van der Waals surface area contributed by atoms with Crippen LogP contribution in [0.15, 0.2) is 99.7 Å². The summed E-state index contributed by atoms with van der Waals surface area (Å²) >= 11 is 0. The zero-order chi connectivity index (χ0) is 33.7. The maximum Gasteiger partial charge on any atom is 0.123 e. The molecule has 0 atom stereocenters. The third kappa shape index (κ3) is 21.5. The molecule has 0 saturated heterocycles. The molecular formula is C39H63FN2. The summed E-state index contributed by atoms with van der Waals surface area (Å²) in [6, 6.07) is 6.82. The van der Waals surface area contributed by atoms with Crippen molar-refractivity contribution in [3.63, 3.8) is 0 Å². The monoisotopic (exact) mass is 578 g/mol. The van der Waals surface area contributed by atoms with Crippen molar-refractivity contribution >= 4 is 5.71 Å². The summed E-state index contributed by atoms with van der Waals surface area (Å²) in [5.41, 5.74) is 15.8. The van der Waals surface area contributed by atoms with Gasteiger partial charge in [-0.05, 0) is 113 Å². The van der Waals surface area contributed by atoms with E-state index in [-0.39, 0.29) is 5.82 Å². The molecule has 1 rings (SSSR count). The van der Waals surface area contributed by atoms with Gasteiger partial charge in [0.1, 0.15) is 5.82 Å². The van der Waals surface area contributed by atoms with Gasteiger partial charge in [0.2, 0.25) is 0 Å². The van der Waals surface area contributed by atoms with E-state index >= 15 is 0 Å². The topological polar surface area (TPSA) is 38.4 Å². The lowest BCUT2D eigenvalue weighted by atomic mass is 9.92. The highest BCUT2D eigenvalue weighted by molar-refractivity contribution is 6.01. The van der Waals surface area contributed by atoms with Gasteiger partial charge in [0.05, 0.1) is 5.71 Å². The molecule has 0 aliphatic rings. The number of hydrogen-bond donors (Lipinski definition) is 1. The standard InChI is InChI=1S/C24H31F.C8H16N2.C3H8.C2H6.C2H2/c1-8-18(4)21(7)20(6)15-24(17(2)3)19(5)11-9-12-22-13-10-14-23(25)16-22;1-4-7(5-2)8(6-9)10-3;1-3-2;2*1-2/h8,10,13-16H,2,5,9,11-12H2,1,3-4,6-7H3;4H,5-6,9H2,1-3H3;3H2,1-2H3;1-2H3;1-2H/b18-8+,21-20+,24-15-;7-4-,10-8?;;;. The predicted molar refractivity (Wildman–Crippen MR) is 193 cm³/mol. The lowest BCUT2D eigenvalue weighted by Gasteiger charge is -2.13. The van der Waals surface area contributed by atoms with E-state index in [2.05, 4.69) is 97.7 Å². The van der Waals surface area contributed by atoms with E-state index in [4.69, 9.17) is 5.73 Å². The summed E-state index contributed by atoms with van der Waals surface area (Å²) < 4.78 is 13.3. The summed E-state index contributed by atoms with van der Waals surface area (Å²) in [5, 5.41) is 0. The molecule has 0 aliphatic carbocycles. The Labute approximate surface area is 261 Å². The van der Waals surface area contributed by atoms with Crippen LogP contribution in [0, 0.1) is 18.7 Å². The number of nitrogens with two attached hydrogens (primary N) is 1. The zero-order valence-corrected chi connectivity index (χ0v) is 29.3. The Morgan fingerprint density at radius 2 is 1.55 bits per heavy atom. The molecule has 0 bridgehead atoms. The Morgan fingerprint density at radius 3 is 1.90 bits per heavy atom. The second-order valence-electron chi connectivity index (χ2n) is 9.45. The second-order valence-corrected chi connectivity index (χ2v) is 9.45. The molecule has 0 aliphatic heterocycles. The van der Waals surface area contributed by atoms with Crippen molar-refractivity contribution in [2.75, 3.05) is 13.6 Å². The minimum Gasteiger partial charge on any atom is -0.325 e. The Kier molecular flexibility index (Phi) is 33.5. The fourth-order valence-electron chi connectivity index (χ4n) is 3.65. The molecule has 0 spiro atoms. The highest BCUT2D eigenvalue weighted by Gasteiger charge is 2.07. The molecule has 1 aromatic rings. The summed E-state index contributed by atoms with van der Waals surface area (Å²) in [6.07, 6.45) is 19.3. The Bertz CT molecular complexity index is 1040. The highest BCUT2D eigenvalue weighted by atomic mass is 19.1. The van der Waals surface area contributed by atoms with Gasteiger partial charge >= 0.3 is 0 Å². The first-order valence-corrected chi connectivity index (χ1v) is 15.2. The van der Waals surface area contributed by atoms with Crippen molar-refractivity contribution in [3.05, 3.63) is 106 Å². The molecule has 0 aromatic heterocycles. The molecule has 0 heterocycles. The number of allylic oxidation sites excluding steroid dienone is 9. The van der Waals surface area contributed by atoms with Crippen molar-refractivity contribution in [2.45, 2.75) is 108 Å². The third-order valence-corrected chi connectivity index (χ3v) is 6.21. The summed E-state index contributed by atoms with van der Waals surface area (Å²) in [5.74, 6) is -0.172. The molecule has 3 heteroatoms. The average molecular weight is 579 g/mol. The predicted octanol–water partition coefficient (Wildman–Crippen LogP) is 11.6. The van der Waals surface area contributed by atoms with Crippen molar-refractivity contribution in [3.8, 4) is 12.8 Å². The van der Waals surface area contributed by atoms with Crippen LogP contribution < -0.4 is 5.73 Å². The fourth-order valence-corrected chi connectivity index (χ4v) is 3.65. The first-order chi connectivity index (χ1) is 20.0. The molecule has 0 fully saturated rings. The Morgan fingerprint density at radius 1 is 1.00 bits per heavy atom. The normalized spacial score (nSPS) is 12.0. The van der Waals surface area contributed by atoms with Gasteiger partial charge in [0.25, 0.3) is 0 Å². The third-order valence-electron chi connectivity index (χ3n) is 6.21. The largest absolute Gasteiger partial charge is 0.325 e. The van der Waals surface area contributed by atoms with Gasteiger partial charge in [0, 0.05) is 13.6 Å². The number of nitrogens with zero attached hydrogens (tertiary/aromatic N) is 1. The van der Waals surface area contributed by atoms with Gasteiger partial charge in [-0.15, -0.1) is 12.8 Å².